The van der Waals surface area contributed by atoms with E-state index in [1.54, 1.807) is 24.5 Å². The Labute approximate surface area is 213 Å². The standard InChI is InChI=1S/C28H26FN5O3/c1-36-27-20(29)8-3-9-21(27)33-26-23-24-16(14-31-28(23)35)5-4-12-37-18-7-2-6-17(13-18)32-22-15-30-11-10-19(22)25(26)34-24/h2-3,6-11,13,15-16,32-34H,4-5,12,14H2,1H3,(H,31,35). The molecule has 0 spiro atoms. The van der Waals surface area contributed by atoms with Crippen LogP contribution in [0, 0.1) is 5.82 Å². The van der Waals surface area contributed by atoms with Gasteiger partial charge in [0, 0.05) is 41.7 Å². The number of aromatic nitrogens is 2. The Balaban J connectivity index is 1.56. The summed E-state index contributed by atoms with van der Waals surface area (Å²) in [7, 11) is 1.42. The van der Waals surface area contributed by atoms with Crippen LogP contribution in [0.1, 0.15) is 34.8 Å². The number of para-hydroxylation sites is 1. The van der Waals surface area contributed by atoms with E-state index in [0.29, 0.717) is 35.8 Å². The Morgan fingerprint density at radius 2 is 2.08 bits per heavy atom. The van der Waals surface area contributed by atoms with Gasteiger partial charge in [-0.25, -0.2) is 4.39 Å². The molecule has 0 saturated heterocycles. The first-order chi connectivity index (χ1) is 18.1. The number of anilines is 4. The molecular weight excluding hydrogens is 473 g/mol. The van der Waals surface area contributed by atoms with Crippen LogP contribution in [-0.2, 0) is 0 Å². The van der Waals surface area contributed by atoms with Crippen molar-refractivity contribution in [1.29, 1.82) is 0 Å². The monoisotopic (exact) mass is 499 g/mol. The van der Waals surface area contributed by atoms with E-state index in [1.165, 1.54) is 13.2 Å². The second-order valence-electron chi connectivity index (χ2n) is 9.08. The first kappa shape index (κ1) is 22.9. The maximum atomic E-state index is 14.5. The molecule has 0 saturated carbocycles. The van der Waals surface area contributed by atoms with Crippen molar-refractivity contribution in [2.45, 2.75) is 18.8 Å². The van der Waals surface area contributed by atoms with E-state index in [-0.39, 0.29) is 17.6 Å². The number of hydrogen-bond donors (Lipinski definition) is 4. The smallest absolute Gasteiger partial charge is 0.255 e. The number of halogens is 1. The summed E-state index contributed by atoms with van der Waals surface area (Å²) in [5.41, 5.74) is 5.41. The quantitative estimate of drug-likeness (QED) is 0.288. The van der Waals surface area contributed by atoms with Crippen LogP contribution in [0.3, 0.4) is 0 Å². The molecule has 0 aliphatic carbocycles. The highest BCUT2D eigenvalue weighted by molar-refractivity contribution is 6.07. The average Bonchev–Trinajstić information content (AvgIpc) is 3.28. The summed E-state index contributed by atoms with van der Waals surface area (Å²) >= 11 is 0. The third kappa shape index (κ3) is 4.22. The van der Waals surface area contributed by atoms with E-state index in [4.69, 9.17) is 9.47 Å². The molecule has 8 nitrogen and oxygen atoms in total. The number of ether oxygens (including phenoxy) is 2. The lowest BCUT2D eigenvalue weighted by molar-refractivity contribution is 0.0939. The van der Waals surface area contributed by atoms with Gasteiger partial charge >= 0.3 is 0 Å². The van der Waals surface area contributed by atoms with Crippen molar-refractivity contribution >= 4 is 28.7 Å². The molecule has 6 rings (SSSR count). The molecule has 37 heavy (non-hydrogen) atoms. The van der Waals surface area contributed by atoms with Crippen LogP contribution in [0.4, 0.5) is 27.1 Å². The lowest BCUT2D eigenvalue weighted by Gasteiger charge is -2.24. The van der Waals surface area contributed by atoms with Crippen LogP contribution < -0.4 is 25.4 Å². The summed E-state index contributed by atoms with van der Waals surface area (Å²) in [6.07, 6.45) is 5.07. The molecule has 1 atom stereocenters. The number of amides is 1. The number of rotatable bonds is 3. The maximum absolute atomic E-state index is 14.5. The molecule has 4 N–H and O–H groups in total. The Hall–Kier alpha value is -4.53. The molecule has 0 fully saturated rings. The normalized spacial score (nSPS) is 16.4. The van der Waals surface area contributed by atoms with E-state index < -0.39 is 5.82 Å². The molecule has 4 bridgehead atoms. The second kappa shape index (κ2) is 9.50. The predicted molar refractivity (Wildman–Crippen MR) is 140 cm³/mol. The fourth-order valence-electron chi connectivity index (χ4n) is 5.04. The topological polar surface area (TPSA) is 100 Å². The number of nitrogens with one attached hydrogen (secondary N) is 4. The summed E-state index contributed by atoms with van der Waals surface area (Å²) in [5, 5.41) is 9.79. The number of carbonyl (C=O) groups is 1. The Bertz CT molecular complexity index is 1480. The first-order valence-electron chi connectivity index (χ1n) is 12.2. The van der Waals surface area contributed by atoms with Crippen molar-refractivity contribution in [2.75, 3.05) is 30.9 Å². The van der Waals surface area contributed by atoms with Crippen molar-refractivity contribution < 1.29 is 18.7 Å². The van der Waals surface area contributed by atoms with Gasteiger partial charge in [-0.2, -0.15) is 0 Å². The number of pyridine rings is 1. The second-order valence-corrected chi connectivity index (χ2v) is 9.08. The minimum atomic E-state index is -0.495. The molecule has 188 valence electrons. The van der Waals surface area contributed by atoms with Crippen LogP contribution >= 0.6 is 0 Å². The third-order valence-electron chi connectivity index (χ3n) is 6.77. The highest BCUT2D eigenvalue weighted by Gasteiger charge is 2.33. The number of benzene rings is 2. The fraction of sp³-hybridized carbons (Fsp3) is 0.214. The van der Waals surface area contributed by atoms with Crippen LogP contribution in [0.2, 0.25) is 0 Å². The van der Waals surface area contributed by atoms with Gasteiger partial charge in [-0.05, 0) is 43.2 Å². The minimum Gasteiger partial charge on any atom is -0.494 e. The number of carbonyl (C=O) groups excluding carboxylic acids is 1. The van der Waals surface area contributed by atoms with E-state index in [0.717, 1.165) is 41.2 Å². The lowest BCUT2D eigenvalue weighted by atomic mass is 9.92. The van der Waals surface area contributed by atoms with Crippen LogP contribution in [0.25, 0.3) is 11.3 Å². The largest absolute Gasteiger partial charge is 0.494 e. The molecule has 2 aliphatic heterocycles. The number of H-pyrrole nitrogens is 1. The van der Waals surface area contributed by atoms with Crippen molar-refractivity contribution in [2.24, 2.45) is 0 Å². The number of fused-ring (bicyclic) bond motifs is 5. The zero-order valence-corrected chi connectivity index (χ0v) is 20.2. The van der Waals surface area contributed by atoms with E-state index in [9.17, 15) is 9.18 Å². The summed E-state index contributed by atoms with van der Waals surface area (Å²) in [5.74, 6) is 0.231. The summed E-state index contributed by atoms with van der Waals surface area (Å²) < 4.78 is 25.9. The highest BCUT2D eigenvalue weighted by atomic mass is 19.1. The number of methoxy groups -OCH3 is 1. The molecule has 1 amide bonds. The average molecular weight is 500 g/mol. The van der Waals surface area contributed by atoms with Gasteiger partial charge in [0.15, 0.2) is 11.6 Å². The van der Waals surface area contributed by atoms with Crippen LogP contribution in [-0.4, -0.2) is 36.1 Å². The molecule has 2 aliphatic rings. The lowest BCUT2D eigenvalue weighted by Crippen LogP contribution is -2.35. The molecular formula is C28H26FN5O3. The predicted octanol–water partition coefficient (Wildman–Crippen LogP) is 5.71. The molecule has 2 aromatic carbocycles. The van der Waals surface area contributed by atoms with Gasteiger partial charge in [-0.3, -0.25) is 9.78 Å². The van der Waals surface area contributed by atoms with Gasteiger partial charge in [0.05, 0.1) is 48.2 Å². The summed E-state index contributed by atoms with van der Waals surface area (Å²) in [6.45, 7) is 1.08. The van der Waals surface area contributed by atoms with Crippen molar-refractivity contribution in [1.82, 2.24) is 15.3 Å². The first-order valence-corrected chi connectivity index (χ1v) is 12.2. The highest BCUT2D eigenvalue weighted by Crippen LogP contribution is 2.44. The van der Waals surface area contributed by atoms with Crippen molar-refractivity contribution in [3.8, 4) is 22.8 Å². The number of hydrogen-bond acceptors (Lipinski definition) is 6. The van der Waals surface area contributed by atoms with Gasteiger partial charge in [-0.15, -0.1) is 0 Å². The Morgan fingerprint density at radius 3 is 2.97 bits per heavy atom. The van der Waals surface area contributed by atoms with Gasteiger partial charge in [0.2, 0.25) is 0 Å². The minimum absolute atomic E-state index is 0.0625. The zero-order valence-electron chi connectivity index (χ0n) is 20.2. The third-order valence-corrected chi connectivity index (χ3v) is 6.77. The fourth-order valence-corrected chi connectivity index (χ4v) is 5.04. The van der Waals surface area contributed by atoms with Gasteiger partial charge in [-0.1, -0.05) is 12.1 Å². The van der Waals surface area contributed by atoms with Crippen molar-refractivity contribution in [3.05, 3.63) is 78.0 Å². The summed E-state index contributed by atoms with van der Waals surface area (Å²) in [6, 6.07) is 14.3. The summed E-state index contributed by atoms with van der Waals surface area (Å²) in [4.78, 5) is 21.1. The van der Waals surface area contributed by atoms with Gasteiger partial charge in [0.25, 0.3) is 5.91 Å². The maximum Gasteiger partial charge on any atom is 0.255 e. The SMILES string of the molecule is COc1c(F)cccc1Nc1c2[nH]c3c1C(=O)NCC3CCCOc1cccc(c1)Nc1cnccc1-2. The van der Waals surface area contributed by atoms with Crippen LogP contribution in [0.5, 0.6) is 11.5 Å². The molecule has 4 heterocycles. The Morgan fingerprint density at radius 1 is 1.19 bits per heavy atom. The van der Waals surface area contributed by atoms with E-state index in [1.807, 2.05) is 30.3 Å². The molecule has 0 radical (unpaired) electrons. The number of aromatic amines is 1. The van der Waals surface area contributed by atoms with Crippen LogP contribution in [0.15, 0.2) is 60.9 Å². The zero-order chi connectivity index (χ0) is 25.4. The molecule has 4 aromatic rings. The van der Waals surface area contributed by atoms with E-state index in [2.05, 4.69) is 25.9 Å². The van der Waals surface area contributed by atoms with Gasteiger partial charge < -0.3 is 30.4 Å². The van der Waals surface area contributed by atoms with E-state index >= 15 is 0 Å². The van der Waals surface area contributed by atoms with Gasteiger partial charge in [0.1, 0.15) is 5.75 Å². The number of nitrogens with zero attached hydrogens (tertiary/aromatic N) is 1. The molecule has 2 aromatic heterocycles. The van der Waals surface area contributed by atoms with Crippen molar-refractivity contribution in [3.63, 3.8) is 0 Å². The molecule has 9 heteroatoms. The Kier molecular flexibility index (Phi) is 5.88. The molecule has 1 unspecified atom stereocenters.